The summed E-state index contributed by atoms with van der Waals surface area (Å²) in [5.74, 6) is -5.58. The van der Waals surface area contributed by atoms with Crippen molar-refractivity contribution >= 4 is 23.4 Å². The van der Waals surface area contributed by atoms with E-state index in [-0.39, 0.29) is 18.1 Å². The van der Waals surface area contributed by atoms with Gasteiger partial charge < -0.3 is 25.7 Å². The Labute approximate surface area is 243 Å². The number of anilines is 2. The fourth-order valence-electron chi connectivity index (χ4n) is 3.71. The molecule has 4 N–H and O–H groups in total. The number of aryl methyl sites for hydroxylation is 1. The van der Waals surface area contributed by atoms with Gasteiger partial charge >= 0.3 is 24.2 Å². The van der Waals surface area contributed by atoms with E-state index in [2.05, 4.69) is 0 Å². The molecule has 3 aromatic rings. The zero-order valence-corrected chi connectivity index (χ0v) is 22.7. The number of hydrogen-bond donors (Lipinski definition) is 2. The summed E-state index contributed by atoms with van der Waals surface area (Å²) in [6.07, 6.45) is -7.66. The lowest BCUT2D eigenvalue weighted by atomic mass is 10.1. The molecular weight excluding hydrogens is 585 g/mol. The number of alkyl halides is 7. The Morgan fingerprint density at radius 3 is 2.07 bits per heavy atom. The summed E-state index contributed by atoms with van der Waals surface area (Å²) >= 11 is 0. The Morgan fingerprint density at radius 1 is 0.791 bits per heavy atom. The highest BCUT2D eigenvalue weighted by Gasteiger charge is 2.56. The summed E-state index contributed by atoms with van der Waals surface area (Å²) in [5.41, 5.74) is 13.6. The molecule has 0 heterocycles. The molecule has 0 aliphatic heterocycles. The van der Waals surface area contributed by atoms with E-state index in [0.29, 0.717) is 29.8 Å². The van der Waals surface area contributed by atoms with Gasteiger partial charge in [0.15, 0.2) is 0 Å². The number of esters is 1. The van der Waals surface area contributed by atoms with Crippen LogP contribution in [-0.2, 0) is 22.1 Å². The molecule has 43 heavy (non-hydrogen) atoms. The molecule has 0 amide bonds. The van der Waals surface area contributed by atoms with Gasteiger partial charge in [0.2, 0.25) is 0 Å². The third kappa shape index (κ3) is 10.1. The van der Waals surface area contributed by atoms with Gasteiger partial charge in [-0.05, 0) is 85.0 Å². The van der Waals surface area contributed by atoms with Crippen LogP contribution in [0.5, 0.6) is 11.5 Å². The van der Waals surface area contributed by atoms with Crippen LogP contribution in [0, 0.1) is 0 Å². The number of carbonyl (C=O) groups excluding carboxylic acids is 1. The summed E-state index contributed by atoms with van der Waals surface area (Å²) in [5, 5.41) is 0. The highest BCUT2D eigenvalue weighted by Crippen LogP contribution is 2.39. The van der Waals surface area contributed by atoms with Gasteiger partial charge in [0, 0.05) is 23.9 Å². The van der Waals surface area contributed by atoms with Gasteiger partial charge in [-0.3, -0.25) is 0 Å². The quantitative estimate of drug-likeness (QED) is 0.0641. The molecule has 6 nitrogen and oxygen atoms in total. The molecule has 0 bridgehead atoms. The van der Waals surface area contributed by atoms with Gasteiger partial charge in [-0.25, -0.2) is 4.79 Å². The summed E-state index contributed by atoms with van der Waals surface area (Å²) in [6.45, 7) is -0.292. The maximum absolute atomic E-state index is 14.6. The second-order valence-electron chi connectivity index (χ2n) is 9.43. The fourth-order valence-corrected chi connectivity index (χ4v) is 3.71. The Hall–Kier alpha value is -4.42. The van der Waals surface area contributed by atoms with Crippen LogP contribution in [0.4, 0.5) is 42.1 Å². The van der Waals surface area contributed by atoms with E-state index in [4.69, 9.17) is 25.7 Å². The van der Waals surface area contributed by atoms with Crippen LogP contribution in [0.25, 0.3) is 6.08 Å². The van der Waals surface area contributed by atoms with Gasteiger partial charge in [0.05, 0.1) is 18.8 Å². The lowest BCUT2D eigenvalue weighted by Crippen LogP contribution is -2.36. The van der Waals surface area contributed by atoms with E-state index < -0.39 is 49.2 Å². The van der Waals surface area contributed by atoms with Crippen molar-refractivity contribution < 1.29 is 49.7 Å². The van der Waals surface area contributed by atoms with E-state index in [1.165, 1.54) is 36.4 Å². The average Bonchev–Trinajstić information content (AvgIpc) is 2.93. The third-order valence-electron chi connectivity index (χ3n) is 6.05. The van der Waals surface area contributed by atoms with Crippen LogP contribution in [-0.4, -0.2) is 31.3 Å². The molecule has 0 fully saturated rings. The van der Waals surface area contributed by atoms with Gasteiger partial charge in [-0.2, -0.15) is 30.7 Å². The van der Waals surface area contributed by atoms with Gasteiger partial charge in [0.25, 0.3) is 0 Å². The second-order valence-corrected chi connectivity index (χ2v) is 9.43. The monoisotopic (exact) mass is 614 g/mol. The normalized spacial score (nSPS) is 12.3. The Balaban J connectivity index is 1.43. The van der Waals surface area contributed by atoms with Crippen molar-refractivity contribution in [3.8, 4) is 11.5 Å². The van der Waals surface area contributed by atoms with Crippen molar-refractivity contribution in [2.45, 2.75) is 43.9 Å². The Bertz CT molecular complexity index is 1380. The second kappa shape index (κ2) is 14.2. The first-order valence-electron chi connectivity index (χ1n) is 13.0. The van der Waals surface area contributed by atoms with E-state index in [9.17, 15) is 35.5 Å². The van der Waals surface area contributed by atoms with Crippen molar-refractivity contribution in [3.05, 3.63) is 89.5 Å². The van der Waals surface area contributed by atoms with Crippen molar-refractivity contribution in [2.24, 2.45) is 0 Å². The highest BCUT2D eigenvalue weighted by atomic mass is 19.4. The first kappa shape index (κ1) is 33.1. The summed E-state index contributed by atoms with van der Waals surface area (Å²) in [7, 11) is 0. The molecule has 13 heteroatoms. The summed E-state index contributed by atoms with van der Waals surface area (Å²) in [6, 6.07) is 14.9. The Morgan fingerprint density at radius 2 is 1.44 bits per heavy atom. The standard InChI is InChI=1S/C30H29F7N2O4/c31-28(32,30(35,36)37)16-2-18-41-24-13-8-22(9-14-24)29(33,34)43-25-11-4-20(5-12-25)6-15-27(40)42-17-1-3-21-7-10-23(38)19-26(21)39/h4-15,19H,1-3,16-18,38-39H2/b15-6+. The fraction of sp³-hybridized carbons (Fsp3) is 0.300. The van der Waals surface area contributed by atoms with Gasteiger partial charge in [0.1, 0.15) is 11.5 Å². The number of halogens is 7. The number of nitrogen functional groups attached to an aromatic ring is 2. The van der Waals surface area contributed by atoms with E-state index >= 15 is 0 Å². The molecule has 3 aromatic carbocycles. The van der Waals surface area contributed by atoms with Crippen molar-refractivity contribution in [3.63, 3.8) is 0 Å². The number of ether oxygens (including phenoxy) is 3. The first-order valence-corrected chi connectivity index (χ1v) is 13.0. The molecule has 0 saturated carbocycles. The number of nitrogens with two attached hydrogens (primary N) is 2. The summed E-state index contributed by atoms with van der Waals surface area (Å²) in [4.78, 5) is 12.0. The molecule has 0 spiro atoms. The highest BCUT2D eigenvalue weighted by molar-refractivity contribution is 5.87. The minimum absolute atomic E-state index is 0.0102. The lowest BCUT2D eigenvalue weighted by molar-refractivity contribution is -0.284. The number of rotatable bonds is 14. The van der Waals surface area contributed by atoms with Crippen molar-refractivity contribution in [1.82, 2.24) is 0 Å². The van der Waals surface area contributed by atoms with Crippen LogP contribution in [0.3, 0.4) is 0 Å². The molecule has 0 unspecified atom stereocenters. The summed E-state index contributed by atoms with van der Waals surface area (Å²) < 4.78 is 107. The van der Waals surface area contributed by atoms with E-state index in [1.807, 2.05) is 6.07 Å². The molecule has 0 radical (unpaired) electrons. The van der Waals surface area contributed by atoms with E-state index in [0.717, 1.165) is 29.8 Å². The van der Waals surface area contributed by atoms with Crippen LogP contribution in [0.15, 0.2) is 72.8 Å². The lowest BCUT2D eigenvalue weighted by Gasteiger charge is -2.20. The molecule has 3 rings (SSSR count). The molecule has 0 aromatic heterocycles. The van der Waals surface area contributed by atoms with Crippen LogP contribution in [0.1, 0.15) is 36.0 Å². The van der Waals surface area contributed by atoms with Crippen molar-refractivity contribution in [2.75, 3.05) is 24.7 Å². The van der Waals surface area contributed by atoms with Crippen LogP contribution >= 0.6 is 0 Å². The number of hydrogen-bond acceptors (Lipinski definition) is 6. The first-order chi connectivity index (χ1) is 20.2. The topological polar surface area (TPSA) is 96.8 Å². The van der Waals surface area contributed by atoms with E-state index in [1.54, 1.807) is 12.1 Å². The molecule has 0 atom stereocenters. The zero-order chi connectivity index (χ0) is 31.7. The maximum Gasteiger partial charge on any atom is 0.453 e. The maximum atomic E-state index is 14.6. The van der Waals surface area contributed by atoms with Crippen LogP contribution in [0.2, 0.25) is 0 Å². The Kier molecular flexibility index (Phi) is 10.9. The minimum Gasteiger partial charge on any atom is -0.494 e. The zero-order valence-electron chi connectivity index (χ0n) is 22.7. The van der Waals surface area contributed by atoms with Gasteiger partial charge in [-0.1, -0.05) is 18.2 Å². The smallest absolute Gasteiger partial charge is 0.453 e. The predicted molar refractivity (Wildman–Crippen MR) is 147 cm³/mol. The van der Waals surface area contributed by atoms with Gasteiger partial charge in [-0.15, -0.1) is 0 Å². The van der Waals surface area contributed by atoms with Crippen LogP contribution < -0.4 is 20.9 Å². The SMILES string of the molecule is Nc1ccc(CCCOC(=O)/C=C/c2ccc(OC(F)(F)c3ccc(OCCCC(F)(F)C(F)(F)F)cc3)cc2)c(N)c1. The molecule has 0 aliphatic carbocycles. The predicted octanol–water partition coefficient (Wildman–Crippen LogP) is 7.53. The molecule has 232 valence electrons. The van der Waals surface area contributed by atoms with Crippen molar-refractivity contribution in [1.29, 1.82) is 0 Å². The number of benzene rings is 3. The molecule has 0 saturated heterocycles. The molecular formula is C30H29F7N2O4. The minimum atomic E-state index is -5.65. The number of carbonyl (C=O) groups is 1. The third-order valence-corrected chi connectivity index (χ3v) is 6.05. The molecule has 0 aliphatic rings. The average molecular weight is 615 g/mol. The largest absolute Gasteiger partial charge is 0.494 e.